The number of hydrogen-bond acceptors (Lipinski definition) is 4. The number of azide groups is 1. The fraction of sp³-hybridized carbons (Fsp3) is 0.462. The summed E-state index contributed by atoms with van der Waals surface area (Å²) in [5, 5.41) is 7.14. The molecule has 0 spiro atoms. The number of carbonyl (C=O) groups excluding carboxylic acids is 1. The van der Waals surface area contributed by atoms with E-state index < -0.39 is 6.04 Å². The largest absolute Gasteiger partial charge is 0.465 e. The van der Waals surface area contributed by atoms with Crippen LogP contribution in [0.15, 0.2) is 27.8 Å². The van der Waals surface area contributed by atoms with E-state index in [-0.39, 0.29) is 5.97 Å². The van der Waals surface area contributed by atoms with E-state index in [1.165, 1.54) is 0 Å². The van der Waals surface area contributed by atoms with Gasteiger partial charge in [0.2, 0.25) is 0 Å². The zero-order valence-corrected chi connectivity index (χ0v) is 13.9. The number of rotatable bonds is 8. The zero-order valence-electron chi connectivity index (χ0n) is 11.6. The van der Waals surface area contributed by atoms with Gasteiger partial charge in [-0.3, -0.25) is 0 Å². The number of nitrogens with one attached hydrogen (secondary N) is 1. The zero-order chi connectivity index (χ0) is 15.7. The van der Waals surface area contributed by atoms with Crippen LogP contribution in [0, 0.1) is 0 Å². The summed E-state index contributed by atoms with van der Waals surface area (Å²) >= 11 is 9.31. The predicted molar refractivity (Wildman–Crippen MR) is 85.2 cm³/mol. The Morgan fingerprint density at radius 1 is 1.62 bits per heavy atom. The molecule has 0 bridgehead atoms. The lowest BCUT2D eigenvalue weighted by Crippen LogP contribution is -2.31. The number of halogens is 2. The summed E-state index contributed by atoms with van der Waals surface area (Å²) in [5.74, 6) is -0.357. The molecule has 1 rings (SSSR count). The van der Waals surface area contributed by atoms with Crippen LogP contribution in [0.3, 0.4) is 0 Å². The van der Waals surface area contributed by atoms with Gasteiger partial charge in [-0.05, 0) is 43.1 Å². The Morgan fingerprint density at radius 3 is 3.00 bits per heavy atom. The summed E-state index contributed by atoms with van der Waals surface area (Å²) in [6.07, 6.45) is 0.630. The Balaban J connectivity index is 2.81. The van der Waals surface area contributed by atoms with Gasteiger partial charge in [-0.25, -0.2) is 4.79 Å². The molecule has 0 aliphatic heterocycles. The quantitative estimate of drug-likeness (QED) is 0.245. The summed E-state index contributed by atoms with van der Waals surface area (Å²) in [5.41, 5.74) is 8.97. The lowest BCUT2D eigenvalue weighted by molar-refractivity contribution is -0.145. The number of ether oxygens (including phenoxy) is 1. The van der Waals surface area contributed by atoms with Gasteiger partial charge < -0.3 is 10.1 Å². The first kappa shape index (κ1) is 17.8. The maximum atomic E-state index is 12.1. The molecule has 1 aromatic rings. The van der Waals surface area contributed by atoms with Gasteiger partial charge in [0.25, 0.3) is 0 Å². The monoisotopic (exact) mass is 374 g/mol. The van der Waals surface area contributed by atoms with E-state index in [2.05, 4.69) is 31.3 Å². The summed E-state index contributed by atoms with van der Waals surface area (Å²) < 4.78 is 5.82. The highest BCUT2D eigenvalue weighted by Crippen LogP contribution is 2.27. The van der Waals surface area contributed by atoms with Crippen LogP contribution in [0.25, 0.3) is 10.4 Å². The summed E-state index contributed by atoms with van der Waals surface area (Å²) in [6, 6.07) is 4.62. The van der Waals surface area contributed by atoms with Crippen LogP contribution in [0.5, 0.6) is 0 Å². The fourth-order valence-corrected chi connectivity index (χ4v) is 2.63. The molecule has 6 nitrogen and oxygen atoms in total. The Hall–Kier alpha value is -1.27. The Kier molecular flexibility index (Phi) is 8.15. The Labute approximate surface area is 136 Å². The van der Waals surface area contributed by atoms with Gasteiger partial charge in [0.15, 0.2) is 0 Å². The highest BCUT2D eigenvalue weighted by atomic mass is 79.9. The van der Waals surface area contributed by atoms with Crippen molar-refractivity contribution in [2.24, 2.45) is 5.11 Å². The molecule has 21 heavy (non-hydrogen) atoms. The maximum absolute atomic E-state index is 12.1. The van der Waals surface area contributed by atoms with Crippen molar-refractivity contribution in [1.82, 2.24) is 5.32 Å². The predicted octanol–water partition coefficient (Wildman–Crippen LogP) is 4.00. The molecule has 0 heterocycles. The molecule has 1 unspecified atom stereocenters. The van der Waals surface area contributed by atoms with Crippen molar-refractivity contribution in [2.45, 2.75) is 19.4 Å². The third-order valence-corrected chi connectivity index (χ3v) is 3.56. The van der Waals surface area contributed by atoms with E-state index in [9.17, 15) is 4.79 Å². The molecule has 114 valence electrons. The van der Waals surface area contributed by atoms with E-state index in [0.29, 0.717) is 31.1 Å². The van der Waals surface area contributed by atoms with E-state index in [4.69, 9.17) is 21.9 Å². The fourth-order valence-electron chi connectivity index (χ4n) is 1.72. The number of esters is 1. The van der Waals surface area contributed by atoms with Gasteiger partial charge >= 0.3 is 5.97 Å². The topological polar surface area (TPSA) is 87.1 Å². The van der Waals surface area contributed by atoms with Gasteiger partial charge in [-0.15, -0.1) is 0 Å². The minimum atomic E-state index is -0.595. The molecule has 0 aromatic heterocycles. The van der Waals surface area contributed by atoms with Crippen LogP contribution in [-0.2, 0) is 9.53 Å². The number of hydrogen-bond donors (Lipinski definition) is 1. The first-order valence-corrected chi connectivity index (χ1v) is 7.63. The number of carbonyl (C=O) groups is 1. The normalized spacial score (nSPS) is 11.6. The van der Waals surface area contributed by atoms with Crippen molar-refractivity contribution in [3.63, 3.8) is 0 Å². The Bertz CT molecular complexity index is 535. The lowest BCUT2D eigenvalue weighted by Gasteiger charge is -2.19. The molecule has 0 amide bonds. The number of nitrogens with zero attached hydrogens (tertiary/aromatic N) is 3. The summed E-state index contributed by atoms with van der Waals surface area (Å²) in [4.78, 5) is 14.8. The molecule has 1 aromatic carbocycles. The lowest BCUT2D eigenvalue weighted by atomic mass is 10.1. The van der Waals surface area contributed by atoms with Crippen molar-refractivity contribution in [1.29, 1.82) is 0 Å². The maximum Gasteiger partial charge on any atom is 0.327 e. The highest BCUT2D eigenvalue weighted by molar-refractivity contribution is 9.10. The second-order valence-corrected chi connectivity index (χ2v) is 5.40. The minimum absolute atomic E-state index is 0.306. The first-order valence-electron chi connectivity index (χ1n) is 6.46. The highest BCUT2D eigenvalue weighted by Gasteiger charge is 2.23. The second kappa shape index (κ2) is 9.63. The van der Waals surface area contributed by atoms with Crippen molar-refractivity contribution in [2.75, 3.05) is 19.7 Å². The molecule has 0 saturated carbocycles. The SMILES string of the molecule is CCOC(=O)C(NCCCN=[N+]=[N-])c1ccc(Cl)cc1Br. The third-order valence-electron chi connectivity index (χ3n) is 2.64. The molecule has 0 aliphatic carbocycles. The third kappa shape index (κ3) is 5.93. The van der Waals surface area contributed by atoms with Gasteiger partial charge in [-0.1, -0.05) is 38.7 Å². The van der Waals surface area contributed by atoms with E-state index in [0.717, 1.165) is 10.0 Å². The first-order chi connectivity index (χ1) is 10.1. The second-order valence-electron chi connectivity index (χ2n) is 4.11. The Morgan fingerprint density at radius 2 is 2.38 bits per heavy atom. The molecular formula is C13H16BrClN4O2. The molecule has 0 fully saturated rings. The van der Waals surface area contributed by atoms with Crippen LogP contribution in [0.1, 0.15) is 24.9 Å². The van der Waals surface area contributed by atoms with Crippen molar-refractivity contribution < 1.29 is 9.53 Å². The van der Waals surface area contributed by atoms with E-state index in [1.54, 1.807) is 25.1 Å². The molecule has 0 radical (unpaired) electrons. The molecule has 1 N–H and O–H groups in total. The molecule has 1 atom stereocenters. The molecule has 0 aliphatic rings. The standard InChI is InChI=1S/C13H16BrClN4O2/c1-2-21-13(20)12(17-6-3-7-18-19-16)10-5-4-9(15)8-11(10)14/h4-5,8,12,17H,2-3,6-7H2,1H3. The van der Waals surface area contributed by atoms with Gasteiger partial charge in [0.1, 0.15) is 6.04 Å². The molecular weight excluding hydrogens is 360 g/mol. The van der Waals surface area contributed by atoms with Gasteiger partial charge in [-0.2, -0.15) is 0 Å². The summed E-state index contributed by atoms with van der Waals surface area (Å²) in [7, 11) is 0. The average molecular weight is 376 g/mol. The van der Waals surface area contributed by atoms with Crippen molar-refractivity contribution >= 4 is 33.5 Å². The average Bonchev–Trinajstić information content (AvgIpc) is 2.44. The van der Waals surface area contributed by atoms with Crippen LogP contribution in [0.4, 0.5) is 0 Å². The molecule has 0 saturated heterocycles. The van der Waals surface area contributed by atoms with Gasteiger partial charge in [0.05, 0.1) is 6.61 Å². The van der Waals surface area contributed by atoms with E-state index >= 15 is 0 Å². The van der Waals surface area contributed by atoms with Crippen molar-refractivity contribution in [3.05, 3.63) is 43.7 Å². The van der Waals surface area contributed by atoms with Crippen LogP contribution >= 0.6 is 27.5 Å². The van der Waals surface area contributed by atoms with Crippen LogP contribution < -0.4 is 5.32 Å². The van der Waals surface area contributed by atoms with Crippen molar-refractivity contribution in [3.8, 4) is 0 Å². The minimum Gasteiger partial charge on any atom is -0.465 e. The van der Waals surface area contributed by atoms with Gasteiger partial charge in [0, 0.05) is 21.0 Å². The van der Waals surface area contributed by atoms with Crippen LogP contribution in [-0.4, -0.2) is 25.7 Å². The molecule has 8 heteroatoms. The summed E-state index contributed by atoms with van der Waals surface area (Å²) in [6.45, 7) is 2.97. The van der Waals surface area contributed by atoms with Crippen LogP contribution in [0.2, 0.25) is 5.02 Å². The smallest absolute Gasteiger partial charge is 0.327 e. The van der Waals surface area contributed by atoms with E-state index in [1.807, 2.05) is 0 Å². The number of benzene rings is 1.